The van der Waals surface area contributed by atoms with Gasteiger partial charge in [-0.1, -0.05) is 43.7 Å². The van der Waals surface area contributed by atoms with E-state index in [1.807, 2.05) is 19.9 Å². The molecule has 0 saturated heterocycles. The summed E-state index contributed by atoms with van der Waals surface area (Å²) in [5.74, 6) is -3.41. The van der Waals surface area contributed by atoms with Crippen molar-refractivity contribution in [3.8, 4) is 6.07 Å². The number of primary amides is 1. The zero-order valence-electron chi connectivity index (χ0n) is 24.5. The van der Waals surface area contributed by atoms with Crippen LogP contribution in [0.4, 0.5) is 8.78 Å². The average Bonchev–Trinajstić information content (AvgIpc) is 2.94. The third-order valence-electron chi connectivity index (χ3n) is 7.62. The lowest BCUT2D eigenvalue weighted by molar-refractivity contribution is -0.132. The third kappa shape index (κ3) is 8.11. The fourth-order valence-corrected chi connectivity index (χ4v) is 5.82. The predicted molar refractivity (Wildman–Crippen MR) is 158 cm³/mol. The van der Waals surface area contributed by atoms with E-state index >= 15 is 0 Å². The number of hydrogen-bond acceptors (Lipinski definition) is 5. The van der Waals surface area contributed by atoms with Crippen LogP contribution in [0.25, 0.3) is 0 Å². The molecule has 4 N–H and O–H groups in total. The lowest BCUT2D eigenvalue weighted by atomic mass is 9.63. The smallest absolute Gasteiger partial charge is 0.249 e. The molecule has 0 aromatic heterocycles. The van der Waals surface area contributed by atoms with Gasteiger partial charge >= 0.3 is 0 Å². The quantitative estimate of drug-likeness (QED) is 0.304. The highest BCUT2D eigenvalue weighted by Gasteiger charge is 2.48. The van der Waals surface area contributed by atoms with Gasteiger partial charge in [-0.25, -0.2) is 8.78 Å². The van der Waals surface area contributed by atoms with E-state index in [2.05, 4.69) is 11.4 Å². The van der Waals surface area contributed by atoms with Gasteiger partial charge in [0.2, 0.25) is 11.8 Å². The second-order valence-corrected chi connectivity index (χ2v) is 11.0. The number of carbonyl (C=O) groups excluding carboxylic acids is 2. The average molecular weight is 579 g/mol. The molecule has 3 rings (SSSR count). The minimum absolute atomic E-state index is 0.0198. The van der Waals surface area contributed by atoms with Crippen molar-refractivity contribution < 1.29 is 23.5 Å². The molecule has 1 aliphatic carbocycles. The molecule has 0 saturated carbocycles. The Hall–Kier alpha value is -3.87. The first-order chi connectivity index (χ1) is 20.0. The predicted octanol–water partition coefficient (Wildman–Crippen LogP) is 4.54. The number of nitrogens with zero attached hydrogens (tertiary/aromatic N) is 2. The number of nitrogens with one attached hydrogen (secondary N) is 1. The number of allylic oxidation sites excluding steroid dienone is 2. The third-order valence-corrected chi connectivity index (χ3v) is 7.62. The van der Waals surface area contributed by atoms with Crippen molar-refractivity contribution in [3.63, 3.8) is 0 Å². The van der Waals surface area contributed by atoms with Crippen molar-refractivity contribution in [1.29, 1.82) is 5.26 Å². The van der Waals surface area contributed by atoms with Gasteiger partial charge in [-0.15, -0.1) is 0 Å². The number of rotatable bonds is 14. The summed E-state index contributed by atoms with van der Waals surface area (Å²) >= 11 is 0. The summed E-state index contributed by atoms with van der Waals surface area (Å²) in [4.78, 5) is 28.7. The summed E-state index contributed by atoms with van der Waals surface area (Å²) in [7, 11) is 0. The number of amides is 2. The second kappa shape index (κ2) is 14.9. The Balaban J connectivity index is 1.98. The zero-order valence-corrected chi connectivity index (χ0v) is 24.5. The topological polar surface area (TPSA) is 119 Å². The van der Waals surface area contributed by atoms with Gasteiger partial charge in [-0.2, -0.15) is 5.26 Å². The van der Waals surface area contributed by atoms with Crippen molar-refractivity contribution in [2.45, 2.75) is 59.1 Å². The van der Waals surface area contributed by atoms with E-state index < -0.39 is 35.0 Å². The van der Waals surface area contributed by atoms with Gasteiger partial charge in [0.15, 0.2) is 0 Å². The number of nitrogens with two attached hydrogens (primary N) is 1. The van der Waals surface area contributed by atoms with Crippen LogP contribution >= 0.6 is 0 Å². The van der Waals surface area contributed by atoms with Crippen LogP contribution in [0.15, 0.2) is 65.8 Å². The van der Waals surface area contributed by atoms with E-state index in [4.69, 9.17) is 5.73 Å². The Bertz CT molecular complexity index is 1360. The maximum absolute atomic E-state index is 14.2. The Labute approximate surface area is 246 Å². The number of carbonyl (C=O) groups is 2. The summed E-state index contributed by atoms with van der Waals surface area (Å²) in [5, 5.41) is 23.9. The van der Waals surface area contributed by atoms with Crippen LogP contribution in [0.2, 0.25) is 0 Å². The normalized spacial score (nSPS) is 17.9. The van der Waals surface area contributed by atoms with Gasteiger partial charge in [0, 0.05) is 43.7 Å². The molecular weight excluding hydrogens is 538 g/mol. The fraction of sp³-hybridized carbons (Fsp3) is 0.424. The first-order valence-corrected chi connectivity index (χ1v) is 14.3. The molecule has 2 amide bonds. The molecule has 0 heterocycles. The minimum atomic E-state index is -1.50. The standard InChI is InChI=1S/C33H40F2N4O3/c1-4-9-39(10-5-2)31(41)26-11-22(3)17-33(18-26,32(37)42)29(15-25-13-27(34)16-28(35)14-25)30(40)21-38-20-24-8-6-7-23(12-24)19-36/h6-8,11-14,16-17,29-30,38,40H,4-5,9-10,15,18,20-21H2,1-3H3,(H2,37,42)/t29-,30+,33?/m1/s1. The van der Waals surface area contributed by atoms with Crippen molar-refractivity contribution in [3.05, 3.63) is 94.1 Å². The summed E-state index contributed by atoms with van der Waals surface area (Å²) in [5.41, 5.74) is 7.20. The number of aliphatic hydroxyl groups excluding tert-OH is 1. The van der Waals surface area contributed by atoms with Crippen LogP contribution in [-0.4, -0.2) is 47.6 Å². The van der Waals surface area contributed by atoms with Crippen LogP contribution < -0.4 is 11.1 Å². The van der Waals surface area contributed by atoms with Crippen LogP contribution in [0.1, 0.15) is 56.7 Å². The molecule has 1 aliphatic rings. The maximum atomic E-state index is 14.2. The van der Waals surface area contributed by atoms with Gasteiger partial charge < -0.3 is 21.1 Å². The summed E-state index contributed by atoms with van der Waals surface area (Å²) in [6, 6.07) is 12.2. The van der Waals surface area contributed by atoms with Gasteiger partial charge in [0.1, 0.15) is 11.6 Å². The summed E-state index contributed by atoms with van der Waals surface area (Å²) in [6.07, 6.45) is 3.65. The molecule has 2 aromatic rings. The van der Waals surface area contributed by atoms with Gasteiger partial charge in [-0.3, -0.25) is 9.59 Å². The van der Waals surface area contributed by atoms with Crippen LogP contribution in [0.5, 0.6) is 0 Å². The lowest BCUT2D eigenvalue weighted by Crippen LogP contribution is -2.51. The molecule has 0 radical (unpaired) electrons. The molecule has 3 atom stereocenters. The van der Waals surface area contributed by atoms with Crippen LogP contribution in [-0.2, 0) is 22.6 Å². The highest BCUT2D eigenvalue weighted by Crippen LogP contribution is 2.44. The molecule has 0 fully saturated rings. The van der Waals surface area contributed by atoms with E-state index in [0.29, 0.717) is 36.3 Å². The van der Waals surface area contributed by atoms with Crippen LogP contribution in [0.3, 0.4) is 0 Å². The zero-order chi connectivity index (χ0) is 30.9. The Morgan fingerprint density at radius 2 is 1.79 bits per heavy atom. The molecule has 7 nitrogen and oxygen atoms in total. The number of hydrogen-bond donors (Lipinski definition) is 3. The largest absolute Gasteiger partial charge is 0.391 e. The highest BCUT2D eigenvalue weighted by atomic mass is 19.1. The number of halogens is 2. The first kappa shape index (κ1) is 32.6. The Morgan fingerprint density at radius 3 is 2.38 bits per heavy atom. The van der Waals surface area contributed by atoms with Crippen molar-refractivity contribution in [2.75, 3.05) is 19.6 Å². The van der Waals surface area contributed by atoms with E-state index in [-0.39, 0.29) is 30.9 Å². The highest BCUT2D eigenvalue weighted by molar-refractivity contribution is 5.97. The van der Waals surface area contributed by atoms with Gasteiger partial charge in [0.25, 0.3) is 0 Å². The minimum Gasteiger partial charge on any atom is -0.391 e. The Kier molecular flexibility index (Phi) is 11.5. The molecule has 9 heteroatoms. The Morgan fingerprint density at radius 1 is 1.12 bits per heavy atom. The van der Waals surface area contributed by atoms with E-state index in [0.717, 1.165) is 24.5 Å². The monoisotopic (exact) mass is 578 g/mol. The molecule has 0 spiro atoms. The molecule has 224 valence electrons. The first-order valence-electron chi connectivity index (χ1n) is 14.3. The summed E-state index contributed by atoms with van der Waals surface area (Å²) in [6.45, 7) is 7.20. The second-order valence-electron chi connectivity index (χ2n) is 11.0. The molecule has 1 unspecified atom stereocenters. The maximum Gasteiger partial charge on any atom is 0.249 e. The van der Waals surface area contributed by atoms with Crippen molar-refractivity contribution in [1.82, 2.24) is 10.2 Å². The van der Waals surface area contributed by atoms with E-state index in [1.54, 1.807) is 42.2 Å². The van der Waals surface area contributed by atoms with Gasteiger partial charge in [-0.05, 0) is 68.0 Å². The van der Waals surface area contributed by atoms with Crippen molar-refractivity contribution >= 4 is 11.8 Å². The summed E-state index contributed by atoms with van der Waals surface area (Å²) < 4.78 is 28.4. The molecule has 0 bridgehead atoms. The molecule has 0 aliphatic heterocycles. The lowest BCUT2D eigenvalue weighted by Gasteiger charge is -2.42. The molecule has 42 heavy (non-hydrogen) atoms. The van der Waals surface area contributed by atoms with E-state index in [9.17, 15) is 28.7 Å². The number of nitriles is 1. The number of aliphatic hydroxyl groups is 1. The van der Waals surface area contributed by atoms with Crippen molar-refractivity contribution in [2.24, 2.45) is 17.1 Å². The van der Waals surface area contributed by atoms with Crippen LogP contribution in [0, 0.1) is 34.3 Å². The fourth-order valence-electron chi connectivity index (χ4n) is 5.82. The SMILES string of the molecule is CCCN(CCC)C(=O)C1=CC(C)=CC(C(N)=O)([C@H](Cc2cc(F)cc(F)c2)[C@@H](O)CNCc2cccc(C#N)c2)C1. The number of benzene rings is 2. The van der Waals surface area contributed by atoms with E-state index in [1.165, 1.54) is 12.1 Å². The molecule has 2 aromatic carbocycles. The van der Waals surface area contributed by atoms with Gasteiger partial charge in [0.05, 0.1) is 23.2 Å². The molecular formula is C33H40F2N4O3.